The summed E-state index contributed by atoms with van der Waals surface area (Å²) in [4.78, 5) is 12.1. The molecule has 0 aliphatic carbocycles. The van der Waals surface area contributed by atoms with Gasteiger partial charge in [-0.25, -0.2) is 17.6 Å². The average molecular weight is 442 g/mol. The predicted molar refractivity (Wildman–Crippen MR) is 118 cm³/mol. The molecule has 0 radical (unpaired) electrons. The summed E-state index contributed by atoms with van der Waals surface area (Å²) in [5.74, 6) is -1.42. The first-order valence-electron chi connectivity index (χ1n) is 9.72. The van der Waals surface area contributed by atoms with E-state index in [1.54, 1.807) is 63.2 Å². The Balaban J connectivity index is 2.08. The van der Waals surface area contributed by atoms with Crippen LogP contribution in [-0.2, 0) is 21.3 Å². The van der Waals surface area contributed by atoms with E-state index in [0.717, 1.165) is 10.4 Å². The molecular weight excluding hydrogens is 417 g/mol. The van der Waals surface area contributed by atoms with Gasteiger partial charge in [0.25, 0.3) is 10.0 Å². The van der Waals surface area contributed by atoms with Crippen LogP contribution in [0.4, 0.5) is 10.1 Å². The van der Waals surface area contributed by atoms with Gasteiger partial charge in [-0.2, -0.15) is 0 Å². The maximum atomic E-state index is 14.4. The summed E-state index contributed by atoms with van der Waals surface area (Å²) in [7, 11) is -4.25. The summed E-state index contributed by atoms with van der Waals surface area (Å²) < 4.78 is 47.8. The van der Waals surface area contributed by atoms with Crippen LogP contribution in [0.3, 0.4) is 0 Å². The predicted octanol–water partition coefficient (Wildman–Crippen LogP) is 5.18. The van der Waals surface area contributed by atoms with Crippen molar-refractivity contribution in [2.24, 2.45) is 0 Å². The third-order valence-electron chi connectivity index (χ3n) is 4.34. The molecule has 0 atom stereocenters. The van der Waals surface area contributed by atoms with Gasteiger partial charge in [-0.15, -0.1) is 0 Å². The Morgan fingerprint density at radius 3 is 2.23 bits per heavy atom. The van der Waals surface area contributed by atoms with Crippen LogP contribution in [0.2, 0.25) is 0 Å². The fourth-order valence-corrected chi connectivity index (χ4v) is 4.47. The molecule has 0 saturated carbocycles. The molecule has 3 aromatic carbocycles. The number of nitrogens with zero attached hydrogens (tertiary/aromatic N) is 1. The lowest BCUT2D eigenvalue weighted by atomic mass is 10.1. The SMILES string of the molecule is CC(C)(C)OC(=O)c1cccc(N(Cc2ccccc2)S(=O)(=O)c2ccccc2F)c1. The van der Waals surface area contributed by atoms with Crippen LogP contribution < -0.4 is 4.31 Å². The largest absolute Gasteiger partial charge is 0.456 e. The Morgan fingerprint density at radius 1 is 0.935 bits per heavy atom. The number of esters is 1. The van der Waals surface area contributed by atoms with Crippen LogP contribution in [0.25, 0.3) is 0 Å². The van der Waals surface area contributed by atoms with Gasteiger partial charge in [-0.3, -0.25) is 4.31 Å². The number of sulfonamides is 1. The average Bonchev–Trinajstić information content (AvgIpc) is 2.72. The summed E-state index contributed by atoms with van der Waals surface area (Å²) >= 11 is 0. The lowest BCUT2D eigenvalue weighted by Crippen LogP contribution is -2.31. The first kappa shape index (κ1) is 22.5. The van der Waals surface area contributed by atoms with Crippen molar-refractivity contribution in [3.05, 3.63) is 95.8 Å². The van der Waals surface area contributed by atoms with Gasteiger partial charge in [0.15, 0.2) is 0 Å². The minimum atomic E-state index is -4.25. The number of anilines is 1. The van der Waals surface area contributed by atoms with Crippen molar-refractivity contribution in [3.63, 3.8) is 0 Å². The highest BCUT2D eigenvalue weighted by Crippen LogP contribution is 2.28. The minimum Gasteiger partial charge on any atom is -0.456 e. The first-order chi connectivity index (χ1) is 14.6. The molecule has 0 amide bonds. The van der Waals surface area contributed by atoms with Gasteiger partial charge in [-0.05, 0) is 56.7 Å². The van der Waals surface area contributed by atoms with Crippen molar-refractivity contribution in [3.8, 4) is 0 Å². The normalized spacial score (nSPS) is 11.7. The van der Waals surface area contributed by atoms with E-state index in [1.165, 1.54) is 24.3 Å². The van der Waals surface area contributed by atoms with Gasteiger partial charge in [0, 0.05) is 0 Å². The van der Waals surface area contributed by atoms with Gasteiger partial charge < -0.3 is 4.74 Å². The molecule has 0 heterocycles. The van der Waals surface area contributed by atoms with E-state index in [1.807, 2.05) is 6.07 Å². The van der Waals surface area contributed by atoms with Crippen molar-refractivity contribution in [2.45, 2.75) is 37.8 Å². The van der Waals surface area contributed by atoms with Gasteiger partial charge in [0.1, 0.15) is 16.3 Å². The van der Waals surface area contributed by atoms with Gasteiger partial charge in [-0.1, -0.05) is 48.5 Å². The van der Waals surface area contributed by atoms with Crippen molar-refractivity contribution < 1.29 is 22.3 Å². The summed E-state index contributed by atoms with van der Waals surface area (Å²) in [6, 6.07) is 20.3. The standard InChI is InChI=1S/C24H24FNO4S/c1-24(2,3)30-23(27)19-12-9-13-20(16-19)26(17-18-10-5-4-6-11-18)31(28,29)22-15-8-7-14-21(22)25/h4-16H,17H2,1-3H3. The topological polar surface area (TPSA) is 63.7 Å². The first-order valence-corrected chi connectivity index (χ1v) is 11.2. The van der Waals surface area contributed by atoms with Crippen molar-refractivity contribution >= 4 is 21.7 Å². The Hall–Kier alpha value is -3.19. The monoisotopic (exact) mass is 441 g/mol. The quantitative estimate of drug-likeness (QED) is 0.495. The van der Waals surface area contributed by atoms with E-state index >= 15 is 0 Å². The molecule has 0 aliphatic heterocycles. The molecule has 3 aromatic rings. The highest BCUT2D eigenvalue weighted by Gasteiger charge is 2.29. The zero-order valence-electron chi connectivity index (χ0n) is 17.6. The second kappa shape index (κ2) is 8.89. The number of benzene rings is 3. The highest BCUT2D eigenvalue weighted by molar-refractivity contribution is 7.92. The van der Waals surface area contributed by atoms with E-state index in [9.17, 15) is 17.6 Å². The smallest absolute Gasteiger partial charge is 0.338 e. The third kappa shape index (κ3) is 5.49. The lowest BCUT2D eigenvalue weighted by Gasteiger charge is -2.26. The fourth-order valence-electron chi connectivity index (χ4n) is 2.96. The van der Waals surface area contributed by atoms with Crippen LogP contribution in [0.1, 0.15) is 36.7 Å². The molecule has 0 aromatic heterocycles. The minimum absolute atomic E-state index is 0.0325. The summed E-state index contributed by atoms with van der Waals surface area (Å²) in [5.41, 5.74) is 0.450. The third-order valence-corrected chi connectivity index (χ3v) is 6.15. The van der Waals surface area contributed by atoms with Crippen molar-refractivity contribution in [2.75, 3.05) is 4.31 Å². The van der Waals surface area contributed by atoms with E-state index in [4.69, 9.17) is 4.74 Å². The number of carbonyl (C=O) groups is 1. The molecule has 0 saturated heterocycles. The van der Waals surface area contributed by atoms with Gasteiger partial charge in [0.2, 0.25) is 0 Å². The van der Waals surface area contributed by atoms with E-state index in [0.29, 0.717) is 5.56 Å². The molecular formula is C24H24FNO4S. The van der Waals surface area contributed by atoms with E-state index in [-0.39, 0.29) is 17.8 Å². The Morgan fingerprint density at radius 2 is 1.58 bits per heavy atom. The second-order valence-electron chi connectivity index (χ2n) is 7.98. The van der Waals surface area contributed by atoms with Crippen LogP contribution in [0.15, 0.2) is 83.8 Å². The van der Waals surface area contributed by atoms with Gasteiger partial charge >= 0.3 is 5.97 Å². The van der Waals surface area contributed by atoms with Crippen molar-refractivity contribution in [1.29, 1.82) is 0 Å². The molecule has 162 valence electrons. The Kier molecular flexibility index (Phi) is 6.45. The number of halogens is 1. The summed E-state index contributed by atoms with van der Waals surface area (Å²) in [6.07, 6.45) is 0. The van der Waals surface area contributed by atoms with E-state index in [2.05, 4.69) is 0 Å². The molecule has 7 heteroatoms. The van der Waals surface area contributed by atoms with E-state index < -0.39 is 32.3 Å². The molecule has 0 N–H and O–H groups in total. The fraction of sp³-hybridized carbons (Fsp3) is 0.208. The molecule has 0 unspecified atom stereocenters. The number of hydrogen-bond donors (Lipinski definition) is 0. The molecule has 31 heavy (non-hydrogen) atoms. The molecule has 0 bridgehead atoms. The van der Waals surface area contributed by atoms with Crippen LogP contribution in [0, 0.1) is 5.82 Å². The maximum Gasteiger partial charge on any atom is 0.338 e. The number of carbonyl (C=O) groups excluding carboxylic acids is 1. The van der Waals surface area contributed by atoms with Gasteiger partial charge in [0.05, 0.1) is 17.8 Å². The van der Waals surface area contributed by atoms with Crippen LogP contribution in [-0.4, -0.2) is 20.0 Å². The molecule has 0 fully saturated rings. The lowest BCUT2D eigenvalue weighted by molar-refractivity contribution is 0.00695. The van der Waals surface area contributed by atoms with Crippen LogP contribution in [0.5, 0.6) is 0 Å². The highest BCUT2D eigenvalue weighted by atomic mass is 32.2. The number of ether oxygens (including phenoxy) is 1. The van der Waals surface area contributed by atoms with Crippen LogP contribution >= 0.6 is 0 Å². The molecule has 3 rings (SSSR count). The maximum absolute atomic E-state index is 14.4. The molecule has 0 spiro atoms. The number of hydrogen-bond acceptors (Lipinski definition) is 4. The number of rotatable bonds is 6. The molecule has 0 aliphatic rings. The summed E-state index contributed by atoms with van der Waals surface area (Å²) in [6.45, 7) is 5.21. The zero-order chi connectivity index (χ0) is 22.6. The Bertz CT molecular complexity index is 1170. The summed E-state index contributed by atoms with van der Waals surface area (Å²) in [5, 5.41) is 0. The second-order valence-corrected chi connectivity index (χ2v) is 9.81. The molecule has 5 nitrogen and oxygen atoms in total. The Labute approximate surface area is 182 Å². The van der Waals surface area contributed by atoms with Crippen molar-refractivity contribution in [1.82, 2.24) is 0 Å². The zero-order valence-corrected chi connectivity index (χ0v) is 18.4.